The van der Waals surface area contributed by atoms with Crippen molar-refractivity contribution in [3.8, 4) is 5.75 Å². The van der Waals surface area contributed by atoms with Gasteiger partial charge in [-0.3, -0.25) is 0 Å². The van der Waals surface area contributed by atoms with Gasteiger partial charge >= 0.3 is 0 Å². The Hall–Kier alpha value is -1.62. The van der Waals surface area contributed by atoms with Crippen LogP contribution in [0.5, 0.6) is 5.75 Å². The van der Waals surface area contributed by atoms with Crippen LogP contribution in [0.2, 0.25) is 4.34 Å². The molecule has 0 amide bonds. The summed E-state index contributed by atoms with van der Waals surface area (Å²) >= 11 is 7.51. The number of methoxy groups -OCH3 is 1. The van der Waals surface area contributed by atoms with Crippen molar-refractivity contribution in [3.05, 3.63) is 57.4 Å². The summed E-state index contributed by atoms with van der Waals surface area (Å²) in [5.41, 5.74) is 1.90. The maximum Gasteiger partial charge on any atom is 0.145 e. The van der Waals surface area contributed by atoms with Crippen LogP contribution in [0.4, 0.5) is 0 Å². The smallest absolute Gasteiger partial charge is 0.145 e. The Bertz CT molecular complexity index is 757. The summed E-state index contributed by atoms with van der Waals surface area (Å²) in [7, 11) is 1.67. The van der Waals surface area contributed by atoms with E-state index in [1.807, 2.05) is 36.4 Å². The largest absolute Gasteiger partial charge is 0.494 e. The Labute approximate surface area is 132 Å². The van der Waals surface area contributed by atoms with Crippen molar-refractivity contribution in [1.82, 2.24) is 10.3 Å². The number of hydrogen-bond donors (Lipinski definition) is 1. The predicted molar refractivity (Wildman–Crippen MR) is 88.2 cm³/mol. The van der Waals surface area contributed by atoms with Gasteiger partial charge in [0.1, 0.15) is 11.3 Å². The Morgan fingerprint density at radius 3 is 2.81 bits per heavy atom. The third kappa shape index (κ3) is 3.35. The summed E-state index contributed by atoms with van der Waals surface area (Å²) in [5.74, 6) is 0.805. The molecule has 0 bridgehead atoms. The molecule has 0 unspecified atom stereocenters. The lowest BCUT2D eigenvalue weighted by Gasteiger charge is -2.07. The van der Waals surface area contributed by atoms with Gasteiger partial charge in [-0.1, -0.05) is 29.8 Å². The van der Waals surface area contributed by atoms with E-state index in [1.54, 1.807) is 18.4 Å². The van der Waals surface area contributed by atoms with Crippen LogP contribution >= 0.6 is 22.9 Å². The maximum atomic E-state index is 5.92. The summed E-state index contributed by atoms with van der Waals surface area (Å²) in [4.78, 5) is 5.89. The number of thiophene rings is 1. The van der Waals surface area contributed by atoms with Gasteiger partial charge in [-0.2, -0.15) is 0 Å². The monoisotopic (exact) mass is 318 g/mol. The van der Waals surface area contributed by atoms with Gasteiger partial charge in [0.25, 0.3) is 0 Å². The molecule has 0 radical (unpaired) electrons. The zero-order valence-corrected chi connectivity index (χ0v) is 13.2. The molecule has 21 heavy (non-hydrogen) atoms. The highest BCUT2D eigenvalue weighted by molar-refractivity contribution is 7.16. The summed E-state index contributed by atoms with van der Waals surface area (Å²) in [6.45, 7) is 1.51. The molecule has 108 valence electrons. The molecule has 3 aromatic rings. The summed E-state index contributed by atoms with van der Waals surface area (Å²) in [5, 5.41) is 4.47. The van der Waals surface area contributed by atoms with E-state index < -0.39 is 0 Å². The highest BCUT2D eigenvalue weighted by Crippen LogP contribution is 2.24. The lowest BCUT2D eigenvalue weighted by molar-refractivity contribution is 0.418. The fraction of sp³-hybridized carbons (Fsp3) is 0.188. The van der Waals surface area contributed by atoms with E-state index in [0.29, 0.717) is 6.54 Å². The first-order valence-corrected chi connectivity index (χ1v) is 7.83. The number of ether oxygens (including phenoxy) is 1. The molecule has 2 aromatic heterocycles. The summed E-state index contributed by atoms with van der Waals surface area (Å²) in [6.07, 6.45) is 0. The third-order valence-electron chi connectivity index (χ3n) is 3.20. The molecule has 3 rings (SSSR count). The second-order valence-corrected chi connectivity index (χ2v) is 6.44. The van der Waals surface area contributed by atoms with Gasteiger partial charge in [0.05, 0.1) is 17.1 Å². The SMILES string of the molecule is COc1cccc2ccc(CNCc3ccc(Cl)s3)nc12. The van der Waals surface area contributed by atoms with Crippen molar-refractivity contribution < 1.29 is 4.74 Å². The normalized spacial score (nSPS) is 11.0. The van der Waals surface area contributed by atoms with Crippen molar-refractivity contribution in [2.45, 2.75) is 13.1 Å². The van der Waals surface area contributed by atoms with Crippen LogP contribution in [0.25, 0.3) is 10.9 Å². The Morgan fingerprint density at radius 1 is 1.14 bits per heavy atom. The minimum Gasteiger partial charge on any atom is -0.494 e. The first kappa shape index (κ1) is 14.3. The number of rotatable bonds is 5. The molecule has 5 heteroatoms. The fourth-order valence-electron chi connectivity index (χ4n) is 2.18. The van der Waals surface area contributed by atoms with Crippen LogP contribution < -0.4 is 10.1 Å². The van der Waals surface area contributed by atoms with Crippen molar-refractivity contribution in [2.24, 2.45) is 0 Å². The van der Waals surface area contributed by atoms with E-state index in [0.717, 1.165) is 33.2 Å². The van der Waals surface area contributed by atoms with Crippen LogP contribution in [-0.4, -0.2) is 12.1 Å². The zero-order chi connectivity index (χ0) is 14.7. The van der Waals surface area contributed by atoms with Gasteiger partial charge < -0.3 is 10.1 Å². The van der Waals surface area contributed by atoms with Gasteiger partial charge in [-0.15, -0.1) is 11.3 Å². The molecule has 0 aliphatic rings. The molecule has 1 aromatic carbocycles. The molecular weight excluding hydrogens is 304 g/mol. The number of nitrogens with zero attached hydrogens (tertiary/aromatic N) is 1. The van der Waals surface area contributed by atoms with E-state index in [2.05, 4.69) is 16.4 Å². The number of hydrogen-bond acceptors (Lipinski definition) is 4. The van der Waals surface area contributed by atoms with Crippen LogP contribution in [0.3, 0.4) is 0 Å². The standard InChI is InChI=1S/C16H15ClN2OS/c1-20-14-4-2-3-11-5-6-12(19-16(11)14)9-18-10-13-7-8-15(17)21-13/h2-8,18H,9-10H2,1H3. The van der Waals surface area contributed by atoms with E-state index in [1.165, 1.54) is 4.88 Å². The molecule has 0 fully saturated rings. The van der Waals surface area contributed by atoms with Gasteiger partial charge in [0.2, 0.25) is 0 Å². The zero-order valence-electron chi connectivity index (χ0n) is 11.6. The highest BCUT2D eigenvalue weighted by atomic mass is 35.5. The van der Waals surface area contributed by atoms with E-state index in [9.17, 15) is 0 Å². The van der Waals surface area contributed by atoms with E-state index in [-0.39, 0.29) is 0 Å². The minimum atomic E-state index is 0.712. The van der Waals surface area contributed by atoms with E-state index in [4.69, 9.17) is 16.3 Å². The van der Waals surface area contributed by atoms with Crippen LogP contribution in [0.15, 0.2) is 42.5 Å². The molecule has 2 heterocycles. The van der Waals surface area contributed by atoms with Crippen molar-refractivity contribution in [3.63, 3.8) is 0 Å². The third-order valence-corrected chi connectivity index (χ3v) is 4.43. The lowest BCUT2D eigenvalue weighted by atomic mass is 10.2. The average molecular weight is 319 g/mol. The lowest BCUT2D eigenvalue weighted by Crippen LogP contribution is -2.12. The topological polar surface area (TPSA) is 34.1 Å². The number of benzene rings is 1. The maximum absolute atomic E-state index is 5.92. The van der Waals surface area contributed by atoms with Gasteiger partial charge in [0, 0.05) is 23.4 Å². The van der Waals surface area contributed by atoms with Crippen molar-refractivity contribution >= 4 is 33.8 Å². The highest BCUT2D eigenvalue weighted by Gasteiger charge is 2.04. The second-order valence-electron chi connectivity index (χ2n) is 4.64. The van der Waals surface area contributed by atoms with Crippen molar-refractivity contribution in [2.75, 3.05) is 7.11 Å². The first-order chi connectivity index (χ1) is 10.3. The number of pyridine rings is 1. The summed E-state index contributed by atoms with van der Waals surface area (Å²) < 4.78 is 6.18. The van der Waals surface area contributed by atoms with Crippen LogP contribution in [0, 0.1) is 0 Å². The van der Waals surface area contributed by atoms with Gasteiger partial charge in [0.15, 0.2) is 0 Å². The van der Waals surface area contributed by atoms with E-state index >= 15 is 0 Å². The summed E-state index contributed by atoms with van der Waals surface area (Å²) in [6, 6.07) is 14.0. The quantitative estimate of drug-likeness (QED) is 0.763. The molecule has 1 N–H and O–H groups in total. The minimum absolute atomic E-state index is 0.712. The molecule has 0 saturated heterocycles. The Balaban J connectivity index is 1.72. The molecule has 0 spiro atoms. The van der Waals surface area contributed by atoms with Gasteiger partial charge in [-0.05, 0) is 24.3 Å². The number of fused-ring (bicyclic) bond motifs is 1. The predicted octanol–water partition coefficient (Wildman–Crippen LogP) is 4.25. The molecular formula is C16H15ClN2OS. The second kappa shape index (κ2) is 6.43. The average Bonchev–Trinajstić information content (AvgIpc) is 2.92. The number of para-hydroxylation sites is 1. The van der Waals surface area contributed by atoms with Crippen LogP contribution in [-0.2, 0) is 13.1 Å². The molecule has 0 saturated carbocycles. The molecule has 0 aliphatic heterocycles. The first-order valence-electron chi connectivity index (χ1n) is 6.64. The number of nitrogens with one attached hydrogen (secondary N) is 1. The number of halogens is 1. The van der Waals surface area contributed by atoms with Gasteiger partial charge in [-0.25, -0.2) is 4.98 Å². The molecule has 0 aliphatic carbocycles. The Kier molecular flexibility index (Phi) is 4.39. The Morgan fingerprint density at radius 2 is 2.05 bits per heavy atom. The molecule has 3 nitrogen and oxygen atoms in total. The van der Waals surface area contributed by atoms with Crippen molar-refractivity contribution in [1.29, 1.82) is 0 Å². The number of aromatic nitrogens is 1. The van der Waals surface area contributed by atoms with Crippen LogP contribution in [0.1, 0.15) is 10.6 Å². The molecule has 0 atom stereocenters. The fourth-order valence-corrected chi connectivity index (χ4v) is 3.24.